The highest BCUT2D eigenvalue weighted by Gasteiger charge is 2.29. The van der Waals surface area contributed by atoms with Gasteiger partial charge in [-0.15, -0.1) is 0 Å². The van der Waals surface area contributed by atoms with Gasteiger partial charge in [0.15, 0.2) is 0 Å². The van der Waals surface area contributed by atoms with E-state index in [1.807, 2.05) is 17.8 Å². The number of nitrogens with zero attached hydrogens (tertiary/aromatic N) is 4. The van der Waals surface area contributed by atoms with Crippen LogP contribution in [0.5, 0.6) is 0 Å². The third kappa shape index (κ3) is 5.25. The van der Waals surface area contributed by atoms with E-state index < -0.39 is 10.0 Å². The third-order valence-electron chi connectivity index (χ3n) is 5.03. The molecule has 2 aromatic rings. The number of carbonyl (C=O) groups is 2. The maximum Gasteiger partial charge on any atom is 0.251 e. The predicted molar refractivity (Wildman–Crippen MR) is 111 cm³/mol. The number of aromatic nitrogens is 2. The maximum absolute atomic E-state index is 12.9. The first-order chi connectivity index (χ1) is 14.3. The number of sulfonamides is 1. The number of carbonyl (C=O) groups excluding carboxylic acids is 2. The van der Waals surface area contributed by atoms with Crippen molar-refractivity contribution < 1.29 is 18.0 Å². The molecule has 0 bridgehead atoms. The second-order valence-electron chi connectivity index (χ2n) is 7.33. The topological polar surface area (TPSA) is 105 Å². The molecule has 0 spiro atoms. The number of amides is 2. The molecule has 10 heteroatoms. The molecule has 1 aromatic heterocycles. The monoisotopic (exact) mass is 433 g/mol. The van der Waals surface area contributed by atoms with Gasteiger partial charge in [0.1, 0.15) is 0 Å². The van der Waals surface area contributed by atoms with Crippen molar-refractivity contribution in [3.05, 3.63) is 47.8 Å². The van der Waals surface area contributed by atoms with E-state index in [9.17, 15) is 18.0 Å². The minimum atomic E-state index is -3.72. The van der Waals surface area contributed by atoms with E-state index >= 15 is 0 Å². The lowest BCUT2D eigenvalue weighted by atomic mass is 10.2. The van der Waals surface area contributed by atoms with Crippen molar-refractivity contribution in [2.45, 2.75) is 31.7 Å². The van der Waals surface area contributed by atoms with Crippen LogP contribution in [0.15, 0.2) is 41.6 Å². The van der Waals surface area contributed by atoms with Crippen LogP contribution in [0.4, 0.5) is 0 Å². The van der Waals surface area contributed by atoms with Crippen LogP contribution < -0.4 is 5.32 Å². The Labute approximate surface area is 176 Å². The van der Waals surface area contributed by atoms with Crippen molar-refractivity contribution >= 4 is 21.8 Å². The molecule has 2 heterocycles. The van der Waals surface area contributed by atoms with Crippen LogP contribution in [0.3, 0.4) is 0 Å². The van der Waals surface area contributed by atoms with Gasteiger partial charge in [-0.05, 0) is 37.1 Å². The minimum Gasteiger partial charge on any atom is -0.352 e. The molecule has 0 aliphatic carbocycles. The summed E-state index contributed by atoms with van der Waals surface area (Å²) in [6.07, 6.45) is 4.43. The fraction of sp³-hybridized carbons (Fsp3) is 0.450. The molecular formula is C20H27N5O4S. The lowest BCUT2D eigenvalue weighted by molar-refractivity contribution is -0.129. The number of rotatable bonds is 7. The Balaban J connectivity index is 1.57. The lowest BCUT2D eigenvalue weighted by Crippen LogP contribution is -2.49. The van der Waals surface area contributed by atoms with E-state index in [2.05, 4.69) is 10.4 Å². The van der Waals surface area contributed by atoms with E-state index in [1.165, 1.54) is 23.4 Å². The van der Waals surface area contributed by atoms with Crippen molar-refractivity contribution in [2.75, 3.05) is 32.7 Å². The molecule has 1 aromatic carbocycles. The van der Waals surface area contributed by atoms with Gasteiger partial charge in [-0.3, -0.25) is 14.3 Å². The molecule has 0 saturated carbocycles. The van der Waals surface area contributed by atoms with Gasteiger partial charge >= 0.3 is 0 Å². The second-order valence-corrected chi connectivity index (χ2v) is 9.27. The highest BCUT2D eigenvalue weighted by Crippen LogP contribution is 2.19. The van der Waals surface area contributed by atoms with Crippen LogP contribution in [-0.2, 0) is 21.4 Å². The Morgan fingerprint density at radius 2 is 1.90 bits per heavy atom. The average Bonchev–Trinajstić information content (AvgIpc) is 3.16. The summed E-state index contributed by atoms with van der Waals surface area (Å²) in [6, 6.07) is 6.06. The Hall–Kier alpha value is -2.72. The molecule has 9 nitrogen and oxygen atoms in total. The smallest absolute Gasteiger partial charge is 0.251 e. The van der Waals surface area contributed by atoms with E-state index in [4.69, 9.17) is 0 Å². The Bertz CT molecular complexity index is 1010. The molecule has 2 amide bonds. The molecule has 3 rings (SSSR count). The molecule has 0 unspecified atom stereocenters. The largest absolute Gasteiger partial charge is 0.352 e. The van der Waals surface area contributed by atoms with Gasteiger partial charge in [0.05, 0.1) is 11.1 Å². The summed E-state index contributed by atoms with van der Waals surface area (Å²) >= 11 is 0. The first-order valence-electron chi connectivity index (χ1n) is 9.90. The van der Waals surface area contributed by atoms with Crippen molar-refractivity contribution in [3.8, 4) is 0 Å². The first-order valence-corrected chi connectivity index (χ1v) is 11.3. The summed E-state index contributed by atoms with van der Waals surface area (Å²) in [5, 5.41) is 7.02. The maximum atomic E-state index is 12.9. The van der Waals surface area contributed by atoms with Crippen molar-refractivity contribution in [1.29, 1.82) is 0 Å². The van der Waals surface area contributed by atoms with Crippen LogP contribution in [-0.4, -0.2) is 71.9 Å². The van der Waals surface area contributed by atoms with Crippen molar-refractivity contribution in [1.82, 2.24) is 24.3 Å². The SMILES string of the molecule is CC(=O)N1CCN(S(=O)(=O)c2cccc(C(=O)NCCCn3cc(C)cn3)c2)CC1. The van der Waals surface area contributed by atoms with Crippen LogP contribution >= 0.6 is 0 Å². The summed E-state index contributed by atoms with van der Waals surface area (Å²) in [5.74, 6) is -0.376. The Kier molecular flexibility index (Phi) is 6.88. The molecule has 1 saturated heterocycles. The number of hydrogen-bond acceptors (Lipinski definition) is 5. The van der Waals surface area contributed by atoms with Crippen molar-refractivity contribution in [2.24, 2.45) is 0 Å². The zero-order chi connectivity index (χ0) is 21.7. The standard InChI is InChI=1S/C20H27N5O4S/c1-16-14-22-24(15-16)8-4-7-21-20(27)18-5-3-6-19(13-18)30(28,29)25-11-9-23(10-12-25)17(2)26/h3,5-6,13-15H,4,7-12H2,1-2H3,(H,21,27). The summed E-state index contributed by atoms with van der Waals surface area (Å²) < 4.78 is 29.1. The molecule has 1 fully saturated rings. The predicted octanol–water partition coefficient (Wildman–Crippen LogP) is 0.864. The average molecular weight is 434 g/mol. The van der Waals surface area contributed by atoms with Crippen LogP contribution in [0, 0.1) is 6.92 Å². The number of hydrogen-bond donors (Lipinski definition) is 1. The zero-order valence-electron chi connectivity index (χ0n) is 17.2. The first kappa shape index (κ1) is 22.0. The quantitative estimate of drug-likeness (QED) is 0.653. The van der Waals surface area contributed by atoms with Gasteiger partial charge in [-0.1, -0.05) is 6.07 Å². The molecule has 162 valence electrons. The lowest BCUT2D eigenvalue weighted by Gasteiger charge is -2.33. The summed E-state index contributed by atoms with van der Waals surface area (Å²) in [4.78, 5) is 25.6. The van der Waals surface area contributed by atoms with Gasteiger partial charge in [0.2, 0.25) is 15.9 Å². The molecule has 1 aliphatic heterocycles. The van der Waals surface area contributed by atoms with Gasteiger partial charge in [-0.2, -0.15) is 9.40 Å². The highest BCUT2D eigenvalue weighted by atomic mass is 32.2. The van der Waals surface area contributed by atoms with E-state index in [0.717, 1.165) is 5.56 Å². The van der Waals surface area contributed by atoms with Gasteiger partial charge < -0.3 is 10.2 Å². The number of piperazine rings is 1. The molecule has 0 radical (unpaired) electrons. The van der Waals surface area contributed by atoms with Gasteiger partial charge in [0.25, 0.3) is 5.91 Å². The Morgan fingerprint density at radius 1 is 1.17 bits per heavy atom. The van der Waals surface area contributed by atoms with E-state index in [1.54, 1.807) is 23.2 Å². The normalized spacial score (nSPS) is 15.2. The zero-order valence-corrected chi connectivity index (χ0v) is 18.1. The summed E-state index contributed by atoms with van der Waals surface area (Å²) in [5.41, 5.74) is 1.38. The van der Waals surface area contributed by atoms with Crippen LogP contribution in [0.1, 0.15) is 29.3 Å². The van der Waals surface area contributed by atoms with Gasteiger partial charge in [0, 0.05) is 58.0 Å². The fourth-order valence-electron chi connectivity index (χ4n) is 3.32. The minimum absolute atomic E-state index is 0.0617. The Morgan fingerprint density at radius 3 is 2.53 bits per heavy atom. The number of aryl methyl sites for hydroxylation is 2. The molecule has 0 atom stereocenters. The number of benzene rings is 1. The molecule has 30 heavy (non-hydrogen) atoms. The molecular weight excluding hydrogens is 406 g/mol. The number of nitrogens with one attached hydrogen (secondary N) is 1. The van der Waals surface area contributed by atoms with Gasteiger partial charge in [-0.25, -0.2) is 8.42 Å². The molecule has 1 N–H and O–H groups in total. The highest BCUT2D eigenvalue weighted by molar-refractivity contribution is 7.89. The summed E-state index contributed by atoms with van der Waals surface area (Å²) in [7, 11) is -3.72. The second kappa shape index (κ2) is 9.40. The van der Waals surface area contributed by atoms with E-state index in [0.29, 0.717) is 38.2 Å². The fourth-order valence-corrected chi connectivity index (χ4v) is 4.79. The van der Waals surface area contributed by atoms with Crippen LogP contribution in [0.25, 0.3) is 0 Å². The van der Waals surface area contributed by atoms with E-state index in [-0.39, 0.29) is 29.8 Å². The van der Waals surface area contributed by atoms with Crippen molar-refractivity contribution in [3.63, 3.8) is 0 Å². The van der Waals surface area contributed by atoms with Crippen LogP contribution in [0.2, 0.25) is 0 Å². The molecule has 1 aliphatic rings. The third-order valence-corrected chi connectivity index (χ3v) is 6.92. The summed E-state index contributed by atoms with van der Waals surface area (Å²) in [6.45, 7) is 5.81.